The van der Waals surface area contributed by atoms with Gasteiger partial charge in [0, 0.05) is 18.9 Å². The second kappa shape index (κ2) is 12.4. The van der Waals surface area contributed by atoms with E-state index in [-0.39, 0.29) is 40.7 Å². The quantitative estimate of drug-likeness (QED) is 0.202. The fourth-order valence-corrected chi connectivity index (χ4v) is 11.3. The number of aliphatic hydroxyl groups excluding tert-OH is 3. The van der Waals surface area contributed by atoms with Crippen LogP contribution in [0.25, 0.3) is 0 Å². The van der Waals surface area contributed by atoms with E-state index in [9.17, 15) is 20.1 Å². The maximum absolute atomic E-state index is 14.3. The van der Waals surface area contributed by atoms with Gasteiger partial charge in [-0.15, -0.1) is 0 Å². The van der Waals surface area contributed by atoms with Crippen LogP contribution in [-0.4, -0.2) is 71.0 Å². The van der Waals surface area contributed by atoms with E-state index in [2.05, 4.69) is 45.6 Å². The molecule has 5 fully saturated rings. The highest BCUT2D eigenvalue weighted by Gasteiger charge is 2.64. The van der Waals surface area contributed by atoms with E-state index in [1.54, 1.807) is 6.92 Å². The molecule has 3 saturated carbocycles. The number of carbonyl (C=O) groups excluding carboxylic acids is 1. The molecule has 2 saturated heterocycles. The topological polar surface area (TPSA) is 115 Å². The maximum atomic E-state index is 14.3. The fraction of sp³-hybridized carbons (Fsp3) is 0.872. The molecule has 3 N–H and O–H groups in total. The molecule has 0 bridgehead atoms. The van der Waals surface area contributed by atoms with Crippen molar-refractivity contribution in [3.8, 4) is 11.8 Å². The summed E-state index contributed by atoms with van der Waals surface area (Å²) < 4.78 is 23.9. The lowest BCUT2D eigenvalue weighted by atomic mass is 9.40. The van der Waals surface area contributed by atoms with Crippen molar-refractivity contribution in [2.75, 3.05) is 6.61 Å². The average Bonchev–Trinajstić information content (AvgIpc) is 3.18. The van der Waals surface area contributed by atoms with Crippen LogP contribution < -0.4 is 0 Å². The molecule has 5 aliphatic carbocycles. The number of rotatable bonds is 4. The molecule has 0 aromatic rings. The molecule has 47 heavy (non-hydrogen) atoms. The number of carbonyl (C=O) groups is 1. The van der Waals surface area contributed by atoms with Crippen molar-refractivity contribution in [2.45, 2.75) is 161 Å². The van der Waals surface area contributed by atoms with Crippen LogP contribution >= 0.6 is 0 Å². The largest absolute Gasteiger partial charge is 0.432 e. The number of esters is 1. The van der Waals surface area contributed by atoms with Crippen LogP contribution in [0.15, 0.2) is 11.6 Å². The Labute approximate surface area is 281 Å². The minimum absolute atomic E-state index is 0.0567. The van der Waals surface area contributed by atoms with Gasteiger partial charge in [0.2, 0.25) is 6.29 Å². The molecule has 7 aliphatic rings. The molecule has 0 radical (unpaired) electrons. The molecular formula is C39H58O8. The van der Waals surface area contributed by atoms with E-state index in [0.29, 0.717) is 30.8 Å². The van der Waals surface area contributed by atoms with Crippen LogP contribution in [-0.2, 0) is 23.7 Å². The van der Waals surface area contributed by atoms with Gasteiger partial charge in [-0.1, -0.05) is 51.2 Å². The van der Waals surface area contributed by atoms with Crippen LogP contribution in [0.5, 0.6) is 0 Å². The van der Waals surface area contributed by atoms with Crippen LogP contribution in [0.1, 0.15) is 118 Å². The molecule has 0 spiro atoms. The summed E-state index contributed by atoms with van der Waals surface area (Å²) in [6.07, 6.45) is 8.99. The third-order valence-electron chi connectivity index (χ3n) is 14.3. The number of hydrogen-bond acceptors (Lipinski definition) is 8. The van der Waals surface area contributed by atoms with E-state index in [1.807, 2.05) is 0 Å². The standard InChI is InChI=1S/C39H58O8/c1-23-30(41)21-31(42)34(45-23)47-35(43)39-17-14-27-26(28(39)22-36(2,3)18-19-39)10-11-32-37(4)16-13-25(46-33-29(40)7-6-20-44-33)9-8-24(37)12-15-38(27,32)5/h10,23-25,27-34,40-42H,6-7,11-22H2,1-5H3. The molecule has 0 aromatic heterocycles. The van der Waals surface area contributed by atoms with Crippen molar-refractivity contribution >= 4 is 5.97 Å². The lowest BCUT2D eigenvalue weighted by Gasteiger charge is -2.64. The van der Waals surface area contributed by atoms with Crippen LogP contribution in [0.3, 0.4) is 0 Å². The van der Waals surface area contributed by atoms with E-state index < -0.39 is 42.4 Å². The number of fused-ring (bicyclic) bond motifs is 7. The summed E-state index contributed by atoms with van der Waals surface area (Å²) in [7, 11) is 0. The van der Waals surface area contributed by atoms with Crippen molar-refractivity contribution in [2.24, 2.45) is 45.3 Å². The van der Waals surface area contributed by atoms with Crippen molar-refractivity contribution in [1.29, 1.82) is 0 Å². The predicted molar refractivity (Wildman–Crippen MR) is 175 cm³/mol. The lowest BCUT2D eigenvalue weighted by molar-refractivity contribution is -0.262. The second-order valence-corrected chi connectivity index (χ2v) is 17.6. The Bertz CT molecular complexity index is 1300. The Kier molecular flexibility index (Phi) is 8.96. The van der Waals surface area contributed by atoms with Gasteiger partial charge in [0.25, 0.3) is 0 Å². The first-order valence-corrected chi connectivity index (χ1v) is 18.6. The smallest absolute Gasteiger partial charge is 0.315 e. The average molecular weight is 655 g/mol. The van der Waals surface area contributed by atoms with Gasteiger partial charge in [-0.3, -0.25) is 4.79 Å². The SMILES string of the molecule is CC1OC(OC(=O)C23CCC4C(=CCC5C6(C)CCC(OC7OCCCC7O)C#CC6CCC45C)C2CC(C)(C)CC3)C(O)CC1O. The Morgan fingerprint density at radius 3 is 2.45 bits per heavy atom. The Hall–Kier alpha value is -1.47. The molecule has 14 unspecified atom stereocenters. The molecule has 8 nitrogen and oxygen atoms in total. The summed E-state index contributed by atoms with van der Waals surface area (Å²) >= 11 is 0. The maximum Gasteiger partial charge on any atom is 0.315 e. The second-order valence-electron chi connectivity index (χ2n) is 17.6. The summed E-state index contributed by atoms with van der Waals surface area (Å²) in [4.78, 5) is 14.3. The van der Waals surface area contributed by atoms with Gasteiger partial charge in [-0.05, 0) is 118 Å². The van der Waals surface area contributed by atoms with Crippen molar-refractivity contribution < 1.29 is 39.1 Å². The summed E-state index contributed by atoms with van der Waals surface area (Å²) in [6.45, 7) is 12.1. The normalized spacial score (nSPS) is 50.6. The molecular weight excluding hydrogens is 596 g/mol. The number of ether oxygens (including phenoxy) is 4. The van der Waals surface area contributed by atoms with Gasteiger partial charge in [0.15, 0.2) is 6.29 Å². The minimum Gasteiger partial charge on any atom is -0.432 e. The summed E-state index contributed by atoms with van der Waals surface area (Å²) in [5.41, 5.74) is 1.15. The summed E-state index contributed by atoms with van der Waals surface area (Å²) in [5.74, 6) is 8.25. The highest BCUT2D eigenvalue weighted by Crippen LogP contribution is 2.69. The zero-order valence-corrected chi connectivity index (χ0v) is 29.2. The summed E-state index contributed by atoms with van der Waals surface area (Å²) in [6, 6.07) is 0. The highest BCUT2D eigenvalue weighted by atomic mass is 16.7. The Morgan fingerprint density at radius 2 is 1.66 bits per heavy atom. The molecule has 7 rings (SSSR count). The number of allylic oxidation sites excluding steroid dienone is 2. The molecule has 0 aromatic carbocycles. The van der Waals surface area contributed by atoms with E-state index in [0.717, 1.165) is 70.6 Å². The zero-order valence-electron chi connectivity index (χ0n) is 29.2. The van der Waals surface area contributed by atoms with Crippen molar-refractivity contribution in [3.63, 3.8) is 0 Å². The van der Waals surface area contributed by atoms with E-state index in [1.165, 1.54) is 5.57 Å². The summed E-state index contributed by atoms with van der Waals surface area (Å²) in [5, 5.41) is 31.3. The molecule has 2 aliphatic heterocycles. The monoisotopic (exact) mass is 654 g/mol. The first kappa shape index (κ1) is 34.0. The zero-order chi connectivity index (χ0) is 33.4. The first-order chi connectivity index (χ1) is 22.3. The fourth-order valence-electron chi connectivity index (χ4n) is 11.3. The molecule has 0 amide bonds. The minimum atomic E-state index is -1.04. The molecule has 8 heteroatoms. The molecule has 2 heterocycles. The van der Waals surface area contributed by atoms with Gasteiger partial charge >= 0.3 is 5.97 Å². The van der Waals surface area contributed by atoms with Crippen LogP contribution in [0, 0.1) is 57.2 Å². The van der Waals surface area contributed by atoms with Crippen LogP contribution in [0.2, 0.25) is 0 Å². The van der Waals surface area contributed by atoms with Gasteiger partial charge in [0.1, 0.15) is 18.3 Å². The Morgan fingerprint density at radius 1 is 0.872 bits per heavy atom. The number of hydrogen-bond donors (Lipinski definition) is 3. The Balaban J connectivity index is 1.13. The lowest BCUT2D eigenvalue weighted by Crippen LogP contribution is -2.58. The van der Waals surface area contributed by atoms with Gasteiger partial charge in [-0.25, -0.2) is 0 Å². The van der Waals surface area contributed by atoms with Gasteiger partial charge in [0.05, 0.1) is 17.6 Å². The van der Waals surface area contributed by atoms with Crippen molar-refractivity contribution in [3.05, 3.63) is 11.6 Å². The van der Waals surface area contributed by atoms with Crippen LogP contribution in [0.4, 0.5) is 0 Å². The highest BCUT2D eigenvalue weighted by molar-refractivity contribution is 5.79. The van der Waals surface area contributed by atoms with E-state index >= 15 is 0 Å². The van der Waals surface area contributed by atoms with E-state index in [4.69, 9.17) is 18.9 Å². The predicted octanol–water partition coefficient (Wildman–Crippen LogP) is 5.66. The first-order valence-electron chi connectivity index (χ1n) is 18.6. The third-order valence-corrected chi connectivity index (χ3v) is 14.3. The molecule has 14 atom stereocenters. The number of aliphatic hydroxyl groups is 3. The third kappa shape index (κ3) is 5.83. The van der Waals surface area contributed by atoms with Crippen molar-refractivity contribution in [1.82, 2.24) is 0 Å². The molecule has 262 valence electrons. The van der Waals surface area contributed by atoms with Gasteiger partial charge < -0.3 is 34.3 Å². The van der Waals surface area contributed by atoms with Gasteiger partial charge in [-0.2, -0.15) is 0 Å².